The van der Waals surface area contributed by atoms with Gasteiger partial charge in [-0.2, -0.15) is 0 Å². The number of amides is 1. The first-order chi connectivity index (χ1) is 8.58. The van der Waals surface area contributed by atoms with Gasteiger partial charge in [-0.1, -0.05) is 13.0 Å². The first-order valence-electron chi connectivity index (χ1n) is 6.27. The molecule has 0 spiro atoms. The van der Waals surface area contributed by atoms with Crippen LogP contribution in [0.1, 0.15) is 35.7 Å². The number of hydrogen-bond donors (Lipinski definition) is 2. The van der Waals surface area contributed by atoms with E-state index in [1.54, 1.807) is 19.2 Å². The molecule has 0 aromatic heterocycles. The summed E-state index contributed by atoms with van der Waals surface area (Å²) < 4.78 is 5.20. The topological polar surface area (TPSA) is 64.3 Å². The fourth-order valence-corrected chi connectivity index (χ4v) is 1.64. The number of aryl methyl sites for hydroxylation is 1. The molecule has 1 unspecified atom stereocenters. The molecule has 1 atom stereocenters. The molecule has 18 heavy (non-hydrogen) atoms. The van der Waals surface area contributed by atoms with Crippen molar-refractivity contribution >= 4 is 5.91 Å². The van der Waals surface area contributed by atoms with Gasteiger partial charge in [-0.15, -0.1) is 0 Å². The zero-order valence-corrected chi connectivity index (χ0v) is 11.3. The third-order valence-electron chi connectivity index (χ3n) is 3.00. The van der Waals surface area contributed by atoms with Gasteiger partial charge in [0.15, 0.2) is 0 Å². The monoisotopic (exact) mass is 250 g/mol. The van der Waals surface area contributed by atoms with Gasteiger partial charge in [0.2, 0.25) is 0 Å². The van der Waals surface area contributed by atoms with Crippen molar-refractivity contribution in [2.45, 2.75) is 32.7 Å². The molecule has 0 aliphatic rings. The van der Waals surface area contributed by atoms with Crippen LogP contribution in [0.5, 0.6) is 5.75 Å². The largest absolute Gasteiger partial charge is 0.496 e. The molecule has 0 aliphatic carbocycles. The van der Waals surface area contributed by atoms with Crippen LogP contribution in [0.3, 0.4) is 0 Å². The van der Waals surface area contributed by atoms with Gasteiger partial charge in [0.1, 0.15) is 5.75 Å². The lowest BCUT2D eigenvalue weighted by Crippen LogP contribution is -2.30. The zero-order valence-electron chi connectivity index (χ0n) is 11.3. The molecule has 0 saturated carbocycles. The van der Waals surface area contributed by atoms with Crippen LogP contribution in [-0.4, -0.2) is 25.6 Å². The van der Waals surface area contributed by atoms with E-state index in [9.17, 15) is 4.79 Å². The molecule has 4 heteroatoms. The lowest BCUT2D eigenvalue weighted by Gasteiger charge is -2.11. The molecule has 1 aromatic carbocycles. The van der Waals surface area contributed by atoms with Crippen LogP contribution in [0.25, 0.3) is 0 Å². The van der Waals surface area contributed by atoms with E-state index in [4.69, 9.17) is 10.5 Å². The van der Waals surface area contributed by atoms with Gasteiger partial charge in [-0.3, -0.25) is 4.79 Å². The van der Waals surface area contributed by atoms with Crippen LogP contribution in [0.4, 0.5) is 0 Å². The highest BCUT2D eigenvalue weighted by atomic mass is 16.5. The summed E-state index contributed by atoms with van der Waals surface area (Å²) in [6, 6.07) is 5.58. The summed E-state index contributed by atoms with van der Waals surface area (Å²) in [4.78, 5) is 11.9. The van der Waals surface area contributed by atoms with E-state index >= 15 is 0 Å². The number of nitrogens with two attached hydrogens (primary N) is 1. The minimum Gasteiger partial charge on any atom is -0.496 e. The van der Waals surface area contributed by atoms with E-state index in [1.807, 2.05) is 19.9 Å². The van der Waals surface area contributed by atoms with E-state index in [-0.39, 0.29) is 11.9 Å². The second-order valence-corrected chi connectivity index (χ2v) is 4.40. The highest BCUT2D eigenvalue weighted by molar-refractivity contribution is 5.94. The van der Waals surface area contributed by atoms with Crippen molar-refractivity contribution in [3.63, 3.8) is 0 Å². The Labute approximate surface area is 109 Å². The standard InChI is InChI=1S/C14H22N2O2/c1-4-12(15)7-8-16-14(17)11-6-5-10(2)13(9-11)18-3/h5-6,9,12H,4,7-8,15H2,1-3H3,(H,16,17). The molecular weight excluding hydrogens is 228 g/mol. The average molecular weight is 250 g/mol. The molecule has 0 bridgehead atoms. The smallest absolute Gasteiger partial charge is 0.251 e. The van der Waals surface area contributed by atoms with Crippen molar-refractivity contribution in [1.29, 1.82) is 0 Å². The van der Waals surface area contributed by atoms with Crippen LogP contribution in [0.15, 0.2) is 18.2 Å². The molecular formula is C14H22N2O2. The maximum atomic E-state index is 11.9. The lowest BCUT2D eigenvalue weighted by molar-refractivity contribution is 0.0952. The van der Waals surface area contributed by atoms with E-state index in [2.05, 4.69) is 5.32 Å². The van der Waals surface area contributed by atoms with Crippen LogP contribution in [0.2, 0.25) is 0 Å². The first-order valence-corrected chi connectivity index (χ1v) is 6.27. The van der Waals surface area contributed by atoms with Gasteiger partial charge in [0.05, 0.1) is 7.11 Å². The highest BCUT2D eigenvalue weighted by Crippen LogP contribution is 2.18. The molecule has 0 radical (unpaired) electrons. The third kappa shape index (κ3) is 4.04. The summed E-state index contributed by atoms with van der Waals surface area (Å²) in [6.45, 7) is 4.59. The summed E-state index contributed by atoms with van der Waals surface area (Å²) in [6.07, 6.45) is 1.72. The summed E-state index contributed by atoms with van der Waals surface area (Å²) in [5.41, 5.74) is 7.42. The second-order valence-electron chi connectivity index (χ2n) is 4.40. The summed E-state index contributed by atoms with van der Waals surface area (Å²) >= 11 is 0. The number of rotatable bonds is 6. The molecule has 0 heterocycles. The Morgan fingerprint density at radius 3 is 2.83 bits per heavy atom. The molecule has 0 saturated heterocycles. The number of benzene rings is 1. The van der Waals surface area contributed by atoms with Gasteiger partial charge in [-0.25, -0.2) is 0 Å². The van der Waals surface area contributed by atoms with Crippen LogP contribution in [0, 0.1) is 6.92 Å². The van der Waals surface area contributed by atoms with Gasteiger partial charge in [0.25, 0.3) is 5.91 Å². The van der Waals surface area contributed by atoms with Crippen molar-refractivity contribution in [2.24, 2.45) is 5.73 Å². The maximum absolute atomic E-state index is 11.9. The predicted octanol–water partition coefficient (Wildman–Crippen LogP) is 1.86. The van der Waals surface area contributed by atoms with Gasteiger partial charge in [0, 0.05) is 18.2 Å². The predicted molar refractivity (Wildman–Crippen MR) is 72.9 cm³/mol. The van der Waals surface area contributed by atoms with Crippen LogP contribution < -0.4 is 15.8 Å². The second kappa shape index (κ2) is 7.01. The number of ether oxygens (including phenoxy) is 1. The summed E-state index contributed by atoms with van der Waals surface area (Å²) in [5, 5.41) is 2.86. The molecule has 0 fully saturated rings. The summed E-state index contributed by atoms with van der Waals surface area (Å²) in [5.74, 6) is 0.643. The first kappa shape index (κ1) is 14.5. The molecule has 100 valence electrons. The Hall–Kier alpha value is -1.55. The molecule has 4 nitrogen and oxygen atoms in total. The highest BCUT2D eigenvalue weighted by Gasteiger charge is 2.08. The van der Waals surface area contributed by atoms with Crippen LogP contribution >= 0.6 is 0 Å². The van der Waals surface area contributed by atoms with Crippen molar-refractivity contribution in [3.05, 3.63) is 29.3 Å². The van der Waals surface area contributed by atoms with E-state index in [0.717, 1.165) is 24.2 Å². The third-order valence-corrected chi connectivity index (χ3v) is 3.00. The van der Waals surface area contributed by atoms with Crippen molar-refractivity contribution < 1.29 is 9.53 Å². The number of nitrogens with one attached hydrogen (secondary N) is 1. The molecule has 3 N–H and O–H groups in total. The lowest BCUT2D eigenvalue weighted by atomic mass is 10.1. The van der Waals surface area contributed by atoms with E-state index in [0.29, 0.717) is 12.1 Å². The van der Waals surface area contributed by atoms with Crippen LogP contribution in [-0.2, 0) is 0 Å². The zero-order chi connectivity index (χ0) is 13.5. The SMILES string of the molecule is CCC(N)CCNC(=O)c1ccc(C)c(OC)c1. The van der Waals surface area contributed by atoms with Crippen molar-refractivity contribution in [2.75, 3.05) is 13.7 Å². The van der Waals surface area contributed by atoms with Crippen molar-refractivity contribution in [3.8, 4) is 5.75 Å². The normalized spacial score (nSPS) is 12.0. The minimum absolute atomic E-state index is 0.0865. The molecule has 1 amide bonds. The molecule has 0 aliphatic heterocycles. The fraction of sp³-hybridized carbons (Fsp3) is 0.500. The molecule has 1 rings (SSSR count). The van der Waals surface area contributed by atoms with Crippen molar-refractivity contribution in [1.82, 2.24) is 5.32 Å². The minimum atomic E-state index is -0.0865. The summed E-state index contributed by atoms with van der Waals surface area (Å²) in [7, 11) is 1.60. The van der Waals surface area contributed by atoms with E-state index in [1.165, 1.54) is 0 Å². The quantitative estimate of drug-likeness (QED) is 0.810. The fourth-order valence-electron chi connectivity index (χ4n) is 1.64. The Morgan fingerprint density at radius 2 is 2.22 bits per heavy atom. The Bertz CT molecular complexity index is 405. The average Bonchev–Trinajstić information content (AvgIpc) is 2.38. The Kier molecular flexibility index (Phi) is 5.65. The number of hydrogen-bond acceptors (Lipinski definition) is 3. The number of carbonyl (C=O) groups excluding carboxylic acids is 1. The number of methoxy groups -OCH3 is 1. The van der Waals surface area contributed by atoms with Gasteiger partial charge in [-0.05, 0) is 37.5 Å². The van der Waals surface area contributed by atoms with Gasteiger partial charge >= 0.3 is 0 Å². The maximum Gasteiger partial charge on any atom is 0.251 e. The van der Waals surface area contributed by atoms with E-state index < -0.39 is 0 Å². The number of carbonyl (C=O) groups is 1. The molecule has 1 aromatic rings. The Morgan fingerprint density at radius 1 is 1.50 bits per heavy atom. The van der Waals surface area contributed by atoms with Gasteiger partial charge < -0.3 is 15.8 Å². The Balaban J connectivity index is 2.56.